The molecule has 1 aliphatic heterocycles. The van der Waals surface area contributed by atoms with Gasteiger partial charge in [0.1, 0.15) is 5.75 Å². The molecule has 2 aromatic carbocycles. The number of H-pyrrole nitrogens is 1. The van der Waals surface area contributed by atoms with E-state index in [1.807, 2.05) is 24.9 Å². The number of rotatable bonds is 8. The first-order chi connectivity index (χ1) is 17.4. The quantitative estimate of drug-likeness (QED) is 0.353. The van der Waals surface area contributed by atoms with Crippen molar-refractivity contribution >= 4 is 16.9 Å². The molecule has 0 atom stereocenters. The summed E-state index contributed by atoms with van der Waals surface area (Å²) in [7, 11) is 1.72. The third kappa shape index (κ3) is 9.44. The average molecular weight is 520 g/mol. The zero-order valence-corrected chi connectivity index (χ0v) is 21.8. The molecule has 4 rings (SSSR count). The molecule has 0 aliphatic carbocycles. The molecule has 0 bridgehead atoms. The first-order valence-electron chi connectivity index (χ1n) is 12.6. The van der Waals surface area contributed by atoms with Crippen molar-refractivity contribution in [1.82, 2.24) is 14.8 Å². The minimum atomic E-state index is -2.25. The summed E-state index contributed by atoms with van der Waals surface area (Å²) in [4.78, 5) is 17.7. The Morgan fingerprint density at radius 3 is 2.22 bits per heavy atom. The van der Waals surface area contributed by atoms with Gasteiger partial charge in [0.25, 0.3) is 6.43 Å². The molecule has 0 spiro atoms. The van der Waals surface area contributed by atoms with Crippen molar-refractivity contribution in [3.63, 3.8) is 0 Å². The van der Waals surface area contributed by atoms with Crippen LogP contribution in [-0.2, 0) is 13.0 Å². The molecular weight excluding hydrogens is 476 g/mol. The number of halogens is 2. The van der Waals surface area contributed by atoms with Gasteiger partial charge in [0.05, 0.1) is 19.2 Å². The number of methoxy groups -OCH3 is 1. The topological polar surface area (TPSA) is 68.8 Å². The number of aryl methyl sites for hydroxylation is 1. The van der Waals surface area contributed by atoms with Crippen LogP contribution in [0.15, 0.2) is 48.7 Å². The fourth-order valence-electron chi connectivity index (χ4n) is 4.28. The van der Waals surface area contributed by atoms with Gasteiger partial charge >= 0.3 is 5.97 Å². The number of ether oxygens (including phenoxy) is 1. The second-order valence-corrected chi connectivity index (χ2v) is 8.37. The molecule has 3 aromatic rings. The smallest absolute Gasteiger partial charge is 0.335 e. The van der Waals surface area contributed by atoms with Crippen molar-refractivity contribution in [3.8, 4) is 5.75 Å². The maximum absolute atomic E-state index is 12.5. The summed E-state index contributed by atoms with van der Waals surface area (Å²) in [5.41, 5.74) is 3.98. The Morgan fingerprint density at radius 1 is 1.08 bits per heavy atom. The first-order valence-corrected chi connectivity index (χ1v) is 12.6. The predicted octanol–water partition coefficient (Wildman–Crippen LogP) is 6.56. The number of hydrogen-bond donors (Lipinski definition) is 2. The lowest BCUT2D eigenvalue weighted by atomic mass is 10.0. The molecule has 0 unspecified atom stereocenters. The fraction of sp³-hybridized carbons (Fsp3) is 0.483. The molecule has 0 radical (unpaired) electrons. The van der Waals surface area contributed by atoms with Gasteiger partial charge in [-0.2, -0.15) is 0 Å². The Bertz CT molecular complexity index is 1050. The second-order valence-electron chi connectivity index (χ2n) is 8.37. The fourth-order valence-corrected chi connectivity index (χ4v) is 4.28. The predicted molar refractivity (Wildman–Crippen MR) is 148 cm³/mol. The van der Waals surface area contributed by atoms with E-state index in [1.165, 1.54) is 22.0 Å². The van der Waals surface area contributed by atoms with Gasteiger partial charge < -0.3 is 14.8 Å². The molecule has 1 aliphatic rings. The van der Waals surface area contributed by atoms with Crippen LogP contribution in [0.5, 0.6) is 5.75 Å². The number of nitrogens with one attached hydrogen (secondary N) is 1. The Hall–Kier alpha value is -2.97. The molecule has 1 saturated heterocycles. The van der Waals surface area contributed by atoms with Gasteiger partial charge in [0, 0.05) is 55.4 Å². The number of carboxylic acids is 1. The van der Waals surface area contributed by atoms with E-state index in [-0.39, 0.29) is 14.0 Å². The number of alkyl halides is 2. The maximum Gasteiger partial charge on any atom is 0.335 e. The van der Waals surface area contributed by atoms with Gasteiger partial charge in [-0.3, -0.25) is 9.80 Å². The lowest BCUT2D eigenvalue weighted by Crippen LogP contribution is -2.47. The van der Waals surface area contributed by atoms with E-state index in [9.17, 15) is 13.6 Å². The first kappa shape index (κ1) is 32.1. The molecule has 0 amide bonds. The summed E-state index contributed by atoms with van der Waals surface area (Å²) >= 11 is 0. The van der Waals surface area contributed by atoms with Crippen LogP contribution in [0.1, 0.15) is 56.1 Å². The van der Waals surface area contributed by atoms with Crippen molar-refractivity contribution in [3.05, 3.63) is 65.4 Å². The highest BCUT2D eigenvalue weighted by Gasteiger charge is 2.22. The van der Waals surface area contributed by atoms with E-state index in [2.05, 4.69) is 28.9 Å². The highest BCUT2D eigenvalue weighted by atomic mass is 19.3. The molecule has 37 heavy (non-hydrogen) atoms. The Balaban J connectivity index is 0.000000481. The summed E-state index contributed by atoms with van der Waals surface area (Å²) in [6.07, 6.45) is 1.83. The standard InChI is InChI=1S/C19H27F2N3O.C7H6O2.C2H6.CH4/c1-3-4-14-11-17(25-2)16(15-5-6-22-19(14)15)12-23-7-9-24(10-8-23)13-18(20)21;8-7(9)6-4-2-1-3-5-6;1-2;/h5-6,11,18,22H,3-4,7-10,12-13H2,1-2H3;1-5H,(H,8,9);1-2H3;1H4. The number of aromatic nitrogens is 1. The van der Waals surface area contributed by atoms with E-state index in [0.29, 0.717) is 18.7 Å². The van der Waals surface area contributed by atoms with Crippen LogP contribution in [0.4, 0.5) is 8.78 Å². The zero-order valence-electron chi connectivity index (χ0n) is 21.8. The number of carboxylic acid groups (broad SMARTS) is 1. The highest BCUT2D eigenvalue weighted by Crippen LogP contribution is 2.32. The number of piperazine rings is 1. The molecule has 206 valence electrons. The normalized spacial score (nSPS) is 13.7. The van der Waals surface area contributed by atoms with E-state index >= 15 is 0 Å². The summed E-state index contributed by atoms with van der Waals surface area (Å²) in [5, 5.41) is 9.59. The van der Waals surface area contributed by atoms with Gasteiger partial charge in [-0.15, -0.1) is 0 Å². The number of aromatic carboxylic acids is 1. The van der Waals surface area contributed by atoms with E-state index in [1.54, 1.807) is 37.4 Å². The second kappa shape index (κ2) is 16.7. The van der Waals surface area contributed by atoms with Crippen LogP contribution >= 0.6 is 0 Å². The summed E-state index contributed by atoms with van der Waals surface area (Å²) in [5.74, 6) is 0.0427. The summed E-state index contributed by atoms with van der Waals surface area (Å²) in [6, 6.07) is 12.5. The number of aromatic amines is 1. The van der Waals surface area contributed by atoms with Crippen molar-refractivity contribution in [2.45, 2.75) is 54.0 Å². The lowest BCUT2D eigenvalue weighted by molar-refractivity contribution is 0.0542. The number of fused-ring (bicyclic) bond motifs is 1. The molecule has 1 aromatic heterocycles. The van der Waals surface area contributed by atoms with Crippen molar-refractivity contribution in [2.75, 3.05) is 39.8 Å². The number of benzene rings is 2. The van der Waals surface area contributed by atoms with Gasteiger partial charge in [0.2, 0.25) is 0 Å². The summed E-state index contributed by atoms with van der Waals surface area (Å²) in [6.45, 7) is 9.83. The Morgan fingerprint density at radius 2 is 1.70 bits per heavy atom. The third-order valence-corrected chi connectivity index (χ3v) is 6.00. The minimum Gasteiger partial charge on any atom is -0.496 e. The molecule has 2 heterocycles. The average Bonchev–Trinajstić information content (AvgIpc) is 3.39. The van der Waals surface area contributed by atoms with E-state index in [4.69, 9.17) is 9.84 Å². The van der Waals surface area contributed by atoms with E-state index in [0.717, 1.165) is 38.2 Å². The van der Waals surface area contributed by atoms with Gasteiger partial charge in [-0.1, -0.05) is 52.8 Å². The molecular formula is C29H43F2N3O3. The van der Waals surface area contributed by atoms with E-state index < -0.39 is 12.4 Å². The van der Waals surface area contributed by atoms with Crippen LogP contribution in [-0.4, -0.2) is 72.1 Å². The number of carbonyl (C=O) groups is 1. The van der Waals surface area contributed by atoms with Crippen LogP contribution in [0.25, 0.3) is 10.9 Å². The van der Waals surface area contributed by atoms with Crippen molar-refractivity contribution < 1.29 is 23.4 Å². The van der Waals surface area contributed by atoms with Gasteiger partial charge in [-0.05, 0) is 36.2 Å². The van der Waals surface area contributed by atoms with Crippen LogP contribution in [0.3, 0.4) is 0 Å². The number of nitrogens with zero attached hydrogens (tertiary/aromatic N) is 2. The monoisotopic (exact) mass is 519 g/mol. The van der Waals surface area contributed by atoms with Gasteiger partial charge in [0.15, 0.2) is 0 Å². The highest BCUT2D eigenvalue weighted by molar-refractivity contribution is 5.88. The molecule has 6 nitrogen and oxygen atoms in total. The largest absolute Gasteiger partial charge is 0.496 e. The minimum absolute atomic E-state index is 0. The molecule has 8 heteroatoms. The van der Waals surface area contributed by atoms with Gasteiger partial charge in [-0.25, -0.2) is 13.6 Å². The lowest BCUT2D eigenvalue weighted by Gasteiger charge is -2.34. The molecule has 2 N–H and O–H groups in total. The van der Waals surface area contributed by atoms with Crippen LogP contribution in [0.2, 0.25) is 0 Å². The maximum atomic E-state index is 12.5. The van der Waals surface area contributed by atoms with Crippen LogP contribution < -0.4 is 4.74 Å². The Kier molecular flexibility index (Phi) is 14.5. The number of hydrogen-bond acceptors (Lipinski definition) is 4. The molecule has 0 saturated carbocycles. The van der Waals surface area contributed by atoms with Crippen molar-refractivity contribution in [1.29, 1.82) is 0 Å². The molecule has 1 fully saturated rings. The third-order valence-electron chi connectivity index (χ3n) is 6.00. The van der Waals surface area contributed by atoms with Crippen LogP contribution in [0, 0.1) is 0 Å². The zero-order chi connectivity index (χ0) is 26.5. The van der Waals surface area contributed by atoms with Crippen molar-refractivity contribution in [2.24, 2.45) is 0 Å². The SMILES string of the molecule is C.CC.CCCc1cc(OC)c(CN2CCN(CC(F)F)CC2)c2cc[nH]c12.O=C(O)c1ccccc1. The Labute approximate surface area is 220 Å². The summed E-state index contributed by atoms with van der Waals surface area (Å²) < 4.78 is 30.7.